The Balaban J connectivity index is 2.62. The van der Waals surface area contributed by atoms with Gasteiger partial charge in [-0.15, -0.1) is 0 Å². The van der Waals surface area contributed by atoms with Crippen LogP contribution in [0.4, 0.5) is 0 Å². The van der Waals surface area contributed by atoms with Crippen molar-refractivity contribution in [1.82, 2.24) is 0 Å². The van der Waals surface area contributed by atoms with Crippen molar-refractivity contribution in [3.05, 3.63) is 69.8 Å². The van der Waals surface area contributed by atoms with Gasteiger partial charge >= 0.3 is 0 Å². The molecule has 0 N–H and O–H groups in total. The summed E-state index contributed by atoms with van der Waals surface area (Å²) in [5.41, 5.74) is 6.15. The van der Waals surface area contributed by atoms with Crippen molar-refractivity contribution >= 4 is 5.78 Å². The number of hydrogen-bond donors (Lipinski definition) is 0. The lowest BCUT2D eigenvalue weighted by Gasteiger charge is -2.14. The van der Waals surface area contributed by atoms with Gasteiger partial charge in [0.2, 0.25) is 0 Å². The number of carbonyl (C=O) groups excluding carboxylic acids is 1. The van der Waals surface area contributed by atoms with Gasteiger partial charge in [0.15, 0.2) is 5.78 Å². The second-order valence-corrected chi connectivity index (χ2v) is 4.83. The van der Waals surface area contributed by atoms with E-state index in [1.165, 1.54) is 11.1 Å². The zero-order chi connectivity index (χ0) is 13.3. The molecule has 92 valence electrons. The number of aryl methyl sites for hydroxylation is 2. The summed E-state index contributed by atoms with van der Waals surface area (Å²) in [7, 11) is 0. The average Bonchev–Trinajstić information content (AvgIpc) is 2.37. The Morgan fingerprint density at radius 1 is 0.833 bits per heavy atom. The molecule has 0 radical (unpaired) electrons. The van der Waals surface area contributed by atoms with Crippen molar-refractivity contribution in [2.75, 3.05) is 0 Å². The molecule has 2 aromatic carbocycles. The first kappa shape index (κ1) is 12.6. The van der Waals surface area contributed by atoms with E-state index in [1.807, 2.05) is 44.2 Å². The monoisotopic (exact) mass is 238 g/mol. The first-order valence-electron chi connectivity index (χ1n) is 6.19. The minimum absolute atomic E-state index is 0.123. The Morgan fingerprint density at radius 2 is 1.33 bits per heavy atom. The number of carbonyl (C=O) groups is 1. The molecule has 0 fully saturated rings. The molecular formula is C17H18O. The van der Waals surface area contributed by atoms with Crippen LogP contribution in [-0.4, -0.2) is 5.78 Å². The molecule has 0 unspecified atom stereocenters. The third-order valence-corrected chi connectivity index (χ3v) is 3.63. The van der Waals surface area contributed by atoms with Gasteiger partial charge in [-0.3, -0.25) is 4.79 Å². The summed E-state index contributed by atoms with van der Waals surface area (Å²) >= 11 is 0. The normalized spacial score (nSPS) is 10.4. The molecule has 0 aliphatic heterocycles. The number of rotatable bonds is 2. The van der Waals surface area contributed by atoms with E-state index in [1.54, 1.807) is 0 Å². The SMILES string of the molecule is Cc1cc(C)c(C)c(C(=O)c2ccccc2)c1C. The summed E-state index contributed by atoms with van der Waals surface area (Å²) in [6.07, 6.45) is 0. The lowest BCUT2D eigenvalue weighted by atomic mass is 9.89. The van der Waals surface area contributed by atoms with Crippen LogP contribution in [-0.2, 0) is 0 Å². The summed E-state index contributed by atoms with van der Waals surface area (Å²) in [5.74, 6) is 0.123. The topological polar surface area (TPSA) is 17.1 Å². The Morgan fingerprint density at radius 3 is 1.83 bits per heavy atom. The van der Waals surface area contributed by atoms with E-state index in [9.17, 15) is 4.79 Å². The van der Waals surface area contributed by atoms with Crippen molar-refractivity contribution in [2.24, 2.45) is 0 Å². The largest absolute Gasteiger partial charge is 0.289 e. The van der Waals surface area contributed by atoms with Crippen LogP contribution in [0.2, 0.25) is 0 Å². The lowest BCUT2D eigenvalue weighted by molar-refractivity contribution is 0.103. The second-order valence-electron chi connectivity index (χ2n) is 4.83. The molecule has 0 amide bonds. The Kier molecular flexibility index (Phi) is 3.33. The summed E-state index contributed by atoms with van der Waals surface area (Å²) in [5, 5.41) is 0. The molecule has 2 aromatic rings. The van der Waals surface area contributed by atoms with E-state index >= 15 is 0 Å². The van der Waals surface area contributed by atoms with Crippen molar-refractivity contribution in [3.63, 3.8) is 0 Å². The van der Waals surface area contributed by atoms with E-state index in [0.717, 1.165) is 22.3 Å². The van der Waals surface area contributed by atoms with Crippen molar-refractivity contribution in [2.45, 2.75) is 27.7 Å². The van der Waals surface area contributed by atoms with Crippen LogP contribution in [0, 0.1) is 27.7 Å². The molecule has 0 saturated heterocycles. The molecule has 0 atom stereocenters. The molecule has 1 heteroatoms. The highest BCUT2D eigenvalue weighted by Gasteiger charge is 2.16. The number of benzene rings is 2. The zero-order valence-electron chi connectivity index (χ0n) is 11.4. The van der Waals surface area contributed by atoms with Crippen LogP contribution in [0.3, 0.4) is 0 Å². The van der Waals surface area contributed by atoms with Crippen molar-refractivity contribution in [1.29, 1.82) is 0 Å². The quantitative estimate of drug-likeness (QED) is 0.718. The van der Waals surface area contributed by atoms with Gasteiger partial charge < -0.3 is 0 Å². The molecule has 0 aliphatic rings. The highest BCUT2D eigenvalue weighted by molar-refractivity contribution is 6.11. The Labute approximate surface area is 108 Å². The van der Waals surface area contributed by atoms with Gasteiger partial charge in [0, 0.05) is 11.1 Å². The summed E-state index contributed by atoms with van der Waals surface area (Å²) < 4.78 is 0. The highest BCUT2D eigenvalue weighted by Crippen LogP contribution is 2.24. The van der Waals surface area contributed by atoms with Crippen LogP contribution in [0.1, 0.15) is 38.2 Å². The molecular weight excluding hydrogens is 220 g/mol. The van der Waals surface area contributed by atoms with E-state index < -0.39 is 0 Å². The van der Waals surface area contributed by atoms with Crippen LogP contribution in [0.5, 0.6) is 0 Å². The Hall–Kier alpha value is -1.89. The first-order chi connectivity index (χ1) is 8.52. The van der Waals surface area contributed by atoms with Gasteiger partial charge in [-0.1, -0.05) is 36.4 Å². The van der Waals surface area contributed by atoms with Crippen molar-refractivity contribution in [3.8, 4) is 0 Å². The summed E-state index contributed by atoms with van der Waals surface area (Å²) in [6, 6.07) is 11.6. The molecule has 0 heterocycles. The molecule has 0 saturated carbocycles. The third-order valence-electron chi connectivity index (χ3n) is 3.63. The van der Waals surface area contributed by atoms with Gasteiger partial charge in [0.1, 0.15) is 0 Å². The average molecular weight is 238 g/mol. The maximum Gasteiger partial charge on any atom is 0.193 e. The minimum atomic E-state index is 0.123. The van der Waals surface area contributed by atoms with Gasteiger partial charge in [0.05, 0.1) is 0 Å². The molecule has 0 spiro atoms. The van der Waals surface area contributed by atoms with Crippen LogP contribution in [0.15, 0.2) is 36.4 Å². The molecule has 0 aromatic heterocycles. The maximum atomic E-state index is 12.6. The molecule has 1 nitrogen and oxygen atoms in total. The zero-order valence-corrected chi connectivity index (χ0v) is 11.4. The van der Waals surface area contributed by atoms with Crippen LogP contribution >= 0.6 is 0 Å². The van der Waals surface area contributed by atoms with E-state index in [0.29, 0.717) is 0 Å². The standard InChI is InChI=1S/C17H18O/c1-11-10-12(2)14(4)16(13(11)3)17(18)15-8-6-5-7-9-15/h5-10H,1-4H3. The number of hydrogen-bond acceptors (Lipinski definition) is 1. The minimum Gasteiger partial charge on any atom is -0.289 e. The predicted octanol–water partition coefficient (Wildman–Crippen LogP) is 4.15. The second kappa shape index (κ2) is 4.77. The maximum absolute atomic E-state index is 12.6. The highest BCUT2D eigenvalue weighted by atomic mass is 16.1. The fourth-order valence-corrected chi connectivity index (χ4v) is 2.29. The molecule has 2 rings (SSSR count). The fraction of sp³-hybridized carbons (Fsp3) is 0.235. The molecule has 0 bridgehead atoms. The molecule has 18 heavy (non-hydrogen) atoms. The van der Waals surface area contributed by atoms with Crippen LogP contribution < -0.4 is 0 Å². The van der Waals surface area contributed by atoms with Gasteiger partial charge in [-0.2, -0.15) is 0 Å². The van der Waals surface area contributed by atoms with Crippen LogP contribution in [0.25, 0.3) is 0 Å². The smallest absolute Gasteiger partial charge is 0.193 e. The van der Waals surface area contributed by atoms with Gasteiger partial charge in [-0.05, 0) is 49.9 Å². The van der Waals surface area contributed by atoms with E-state index in [-0.39, 0.29) is 5.78 Å². The van der Waals surface area contributed by atoms with E-state index in [4.69, 9.17) is 0 Å². The van der Waals surface area contributed by atoms with Crippen molar-refractivity contribution < 1.29 is 4.79 Å². The summed E-state index contributed by atoms with van der Waals surface area (Å²) in [6.45, 7) is 8.17. The van der Waals surface area contributed by atoms with Gasteiger partial charge in [-0.25, -0.2) is 0 Å². The summed E-state index contributed by atoms with van der Waals surface area (Å²) in [4.78, 5) is 12.6. The number of ketones is 1. The third kappa shape index (κ3) is 2.08. The van der Waals surface area contributed by atoms with E-state index in [2.05, 4.69) is 19.9 Å². The predicted molar refractivity (Wildman–Crippen MR) is 75.3 cm³/mol. The van der Waals surface area contributed by atoms with Gasteiger partial charge in [0.25, 0.3) is 0 Å². The lowest BCUT2D eigenvalue weighted by Crippen LogP contribution is -2.08. The fourth-order valence-electron chi connectivity index (χ4n) is 2.29. The molecule has 0 aliphatic carbocycles. The Bertz CT molecular complexity index is 569. The first-order valence-corrected chi connectivity index (χ1v) is 6.19.